The molecule has 1 rings (SSSR count). The fourth-order valence-electron chi connectivity index (χ4n) is 1.51. The van der Waals surface area contributed by atoms with Crippen LogP contribution in [0.2, 0.25) is 5.02 Å². The second kappa shape index (κ2) is 5.98. The van der Waals surface area contributed by atoms with Crippen LogP contribution in [0.3, 0.4) is 0 Å². The molecule has 0 aliphatic rings. The van der Waals surface area contributed by atoms with E-state index in [0.29, 0.717) is 10.7 Å². The fourth-order valence-corrected chi connectivity index (χ4v) is 2.02. The van der Waals surface area contributed by atoms with Gasteiger partial charge in [0.1, 0.15) is 0 Å². The minimum absolute atomic E-state index is 0.0693. The summed E-state index contributed by atoms with van der Waals surface area (Å²) in [5.74, 6) is -0.574. The fraction of sp³-hybridized carbons (Fsp3) is 0.333. The number of rotatable bonds is 4. The summed E-state index contributed by atoms with van der Waals surface area (Å²) in [5, 5.41) is 3.39. The molecule has 1 aromatic carbocycles. The molecular weight excluding hydrogens is 256 g/mol. The second-order valence-corrected chi connectivity index (χ2v) is 5.03. The molecule has 1 aromatic rings. The Kier molecular flexibility index (Phi) is 4.90. The molecule has 3 N–H and O–H groups in total. The Hall–Kier alpha value is -1.13. The van der Waals surface area contributed by atoms with Crippen LogP contribution >= 0.6 is 23.8 Å². The van der Waals surface area contributed by atoms with Gasteiger partial charge in [0, 0.05) is 10.7 Å². The third-order valence-corrected chi connectivity index (χ3v) is 2.87. The Morgan fingerprint density at radius 2 is 1.88 bits per heavy atom. The molecular formula is C12H15ClN2OS. The predicted octanol–water partition coefficient (Wildman–Crippen LogP) is 2.84. The number of hydrogen-bond donors (Lipinski definition) is 2. The van der Waals surface area contributed by atoms with Crippen molar-refractivity contribution in [2.24, 2.45) is 17.6 Å². The molecule has 17 heavy (non-hydrogen) atoms. The SMILES string of the molecule is CC(C)C(C(=O)Nc1ccc(Cl)cc1)C(N)=S. The summed E-state index contributed by atoms with van der Waals surface area (Å²) >= 11 is 10.7. The van der Waals surface area contributed by atoms with Crippen LogP contribution in [0.5, 0.6) is 0 Å². The number of hydrogen-bond acceptors (Lipinski definition) is 2. The first-order chi connectivity index (χ1) is 7.91. The molecule has 0 saturated carbocycles. The lowest BCUT2D eigenvalue weighted by Gasteiger charge is -2.18. The first-order valence-corrected chi connectivity index (χ1v) is 6.06. The molecule has 0 aliphatic heterocycles. The molecule has 1 amide bonds. The molecule has 92 valence electrons. The van der Waals surface area contributed by atoms with Crippen molar-refractivity contribution in [3.63, 3.8) is 0 Å². The maximum Gasteiger partial charge on any atom is 0.234 e. The summed E-state index contributed by atoms with van der Waals surface area (Å²) < 4.78 is 0. The van der Waals surface area contributed by atoms with Gasteiger partial charge in [0.05, 0.1) is 10.9 Å². The van der Waals surface area contributed by atoms with Gasteiger partial charge in [0.2, 0.25) is 5.91 Å². The molecule has 0 aliphatic carbocycles. The van der Waals surface area contributed by atoms with Gasteiger partial charge >= 0.3 is 0 Å². The van der Waals surface area contributed by atoms with Crippen LogP contribution in [0.4, 0.5) is 5.69 Å². The van der Waals surface area contributed by atoms with Crippen molar-refractivity contribution in [2.75, 3.05) is 5.32 Å². The van der Waals surface area contributed by atoms with Crippen LogP contribution in [-0.2, 0) is 4.79 Å². The zero-order chi connectivity index (χ0) is 13.0. The van der Waals surface area contributed by atoms with Crippen molar-refractivity contribution >= 4 is 40.4 Å². The topological polar surface area (TPSA) is 55.1 Å². The zero-order valence-corrected chi connectivity index (χ0v) is 11.3. The van der Waals surface area contributed by atoms with Crippen molar-refractivity contribution in [3.8, 4) is 0 Å². The van der Waals surface area contributed by atoms with Gasteiger partial charge in [-0.25, -0.2) is 0 Å². The average molecular weight is 271 g/mol. The highest BCUT2D eigenvalue weighted by atomic mass is 35.5. The maximum absolute atomic E-state index is 12.0. The Morgan fingerprint density at radius 1 is 1.35 bits per heavy atom. The molecule has 0 bridgehead atoms. The van der Waals surface area contributed by atoms with Gasteiger partial charge in [0.25, 0.3) is 0 Å². The molecule has 1 unspecified atom stereocenters. The summed E-state index contributed by atoms with van der Waals surface area (Å²) in [4.78, 5) is 12.2. The van der Waals surface area contributed by atoms with E-state index >= 15 is 0 Å². The maximum atomic E-state index is 12.0. The molecule has 1 atom stereocenters. The summed E-state index contributed by atoms with van der Waals surface area (Å²) in [6, 6.07) is 6.89. The van der Waals surface area contributed by atoms with Crippen molar-refractivity contribution in [1.82, 2.24) is 0 Å². The summed E-state index contributed by atoms with van der Waals surface area (Å²) in [6.07, 6.45) is 0. The van der Waals surface area contributed by atoms with Gasteiger partial charge in [-0.05, 0) is 30.2 Å². The molecule has 0 spiro atoms. The highest BCUT2D eigenvalue weighted by Gasteiger charge is 2.24. The number of amides is 1. The van der Waals surface area contributed by atoms with Gasteiger partial charge in [-0.2, -0.15) is 0 Å². The number of anilines is 1. The first kappa shape index (κ1) is 13.9. The molecule has 5 heteroatoms. The van der Waals surface area contributed by atoms with E-state index in [-0.39, 0.29) is 16.8 Å². The van der Waals surface area contributed by atoms with Crippen molar-refractivity contribution in [2.45, 2.75) is 13.8 Å². The van der Waals surface area contributed by atoms with Crippen molar-refractivity contribution in [3.05, 3.63) is 29.3 Å². The lowest BCUT2D eigenvalue weighted by atomic mass is 9.95. The van der Waals surface area contributed by atoms with E-state index in [0.717, 1.165) is 0 Å². The minimum atomic E-state index is -0.458. The van der Waals surface area contributed by atoms with Crippen molar-refractivity contribution in [1.29, 1.82) is 0 Å². The van der Waals surface area contributed by atoms with Gasteiger partial charge in [-0.3, -0.25) is 4.79 Å². The van der Waals surface area contributed by atoms with Gasteiger partial charge in [-0.15, -0.1) is 0 Å². The Balaban J connectivity index is 2.77. The number of nitrogens with two attached hydrogens (primary N) is 1. The molecule has 0 saturated heterocycles. The van der Waals surface area contributed by atoms with Crippen LogP contribution in [0.1, 0.15) is 13.8 Å². The zero-order valence-electron chi connectivity index (χ0n) is 9.74. The van der Waals surface area contributed by atoms with E-state index in [4.69, 9.17) is 29.6 Å². The quantitative estimate of drug-likeness (QED) is 0.827. The van der Waals surface area contributed by atoms with Gasteiger partial charge < -0.3 is 11.1 Å². The highest BCUT2D eigenvalue weighted by Crippen LogP contribution is 2.17. The van der Waals surface area contributed by atoms with Crippen LogP contribution in [0, 0.1) is 11.8 Å². The van der Waals surface area contributed by atoms with Crippen LogP contribution in [0.15, 0.2) is 24.3 Å². The molecule has 0 fully saturated rings. The molecule has 0 heterocycles. The summed E-state index contributed by atoms with van der Waals surface area (Å²) in [6.45, 7) is 3.82. The lowest BCUT2D eigenvalue weighted by Crippen LogP contribution is -2.36. The largest absolute Gasteiger partial charge is 0.393 e. The number of thiocarbonyl (C=S) groups is 1. The van der Waals surface area contributed by atoms with E-state index in [1.165, 1.54) is 0 Å². The first-order valence-electron chi connectivity index (χ1n) is 5.27. The number of nitrogens with one attached hydrogen (secondary N) is 1. The lowest BCUT2D eigenvalue weighted by molar-refractivity contribution is -0.118. The average Bonchev–Trinajstić information content (AvgIpc) is 2.20. The number of carbonyl (C=O) groups is 1. The van der Waals surface area contributed by atoms with Crippen LogP contribution in [0.25, 0.3) is 0 Å². The second-order valence-electron chi connectivity index (χ2n) is 4.12. The molecule has 0 aromatic heterocycles. The smallest absolute Gasteiger partial charge is 0.234 e. The number of halogens is 1. The predicted molar refractivity (Wildman–Crippen MR) is 75.2 cm³/mol. The van der Waals surface area contributed by atoms with Crippen LogP contribution < -0.4 is 11.1 Å². The van der Waals surface area contributed by atoms with E-state index in [1.54, 1.807) is 24.3 Å². The Morgan fingerprint density at radius 3 is 2.29 bits per heavy atom. The monoisotopic (exact) mass is 270 g/mol. The normalized spacial score (nSPS) is 12.2. The third-order valence-electron chi connectivity index (χ3n) is 2.37. The van der Waals surface area contributed by atoms with Gasteiger partial charge in [-0.1, -0.05) is 37.7 Å². The Labute approximate surface area is 111 Å². The van der Waals surface area contributed by atoms with Crippen molar-refractivity contribution < 1.29 is 4.79 Å². The number of carbonyl (C=O) groups excluding carboxylic acids is 1. The Bertz CT molecular complexity index is 417. The standard InChI is InChI=1S/C12H15ClN2OS/c1-7(2)10(11(14)17)12(16)15-9-5-3-8(13)4-6-9/h3-7,10H,1-2H3,(H2,14,17)(H,15,16). The summed E-state index contributed by atoms with van der Waals surface area (Å²) in [5.41, 5.74) is 6.25. The van der Waals surface area contributed by atoms with E-state index in [1.807, 2.05) is 13.8 Å². The third kappa shape index (κ3) is 3.98. The van der Waals surface area contributed by atoms with E-state index in [2.05, 4.69) is 5.32 Å². The minimum Gasteiger partial charge on any atom is -0.393 e. The molecule has 0 radical (unpaired) electrons. The van der Waals surface area contributed by atoms with E-state index < -0.39 is 5.92 Å². The summed E-state index contributed by atoms with van der Waals surface area (Å²) in [7, 11) is 0. The van der Waals surface area contributed by atoms with Crippen LogP contribution in [-0.4, -0.2) is 10.9 Å². The highest BCUT2D eigenvalue weighted by molar-refractivity contribution is 7.80. The van der Waals surface area contributed by atoms with Gasteiger partial charge in [0.15, 0.2) is 0 Å². The molecule has 3 nitrogen and oxygen atoms in total. The van der Waals surface area contributed by atoms with E-state index in [9.17, 15) is 4.79 Å². The number of benzene rings is 1.